The van der Waals surface area contributed by atoms with Crippen LogP contribution in [-0.4, -0.2) is 54.8 Å². The minimum Gasteiger partial charge on any atom is -0.387 e. The van der Waals surface area contributed by atoms with Crippen molar-refractivity contribution in [3.63, 3.8) is 0 Å². The Balaban J connectivity index is 1.21. The number of thiazole rings is 1. The Hall–Kier alpha value is -3.77. The zero-order valence-electron chi connectivity index (χ0n) is 22.1. The zero-order chi connectivity index (χ0) is 29.5. The molecule has 1 amide bonds. The van der Waals surface area contributed by atoms with Crippen LogP contribution in [0.25, 0.3) is 0 Å². The van der Waals surface area contributed by atoms with Gasteiger partial charge in [0.15, 0.2) is 11.8 Å². The molecule has 2 aliphatic heterocycles. The molecule has 2 aromatic heterocycles. The topological polar surface area (TPSA) is 137 Å². The molecule has 0 aliphatic carbocycles. The van der Waals surface area contributed by atoms with Crippen molar-refractivity contribution in [1.82, 2.24) is 19.7 Å². The number of amides is 1. The fourth-order valence-electron chi connectivity index (χ4n) is 5.02. The van der Waals surface area contributed by atoms with Crippen molar-refractivity contribution in [2.75, 3.05) is 19.3 Å². The maximum Gasteiger partial charge on any atom is 0.435 e. The van der Waals surface area contributed by atoms with E-state index in [0.29, 0.717) is 49.3 Å². The summed E-state index contributed by atoms with van der Waals surface area (Å²) >= 11 is 1.47. The van der Waals surface area contributed by atoms with Gasteiger partial charge in [-0.3, -0.25) is 9.48 Å². The third-order valence-corrected chi connectivity index (χ3v) is 9.37. The van der Waals surface area contributed by atoms with E-state index in [1.54, 1.807) is 23.1 Å². The van der Waals surface area contributed by atoms with Crippen molar-refractivity contribution < 1.29 is 27.0 Å². The van der Waals surface area contributed by atoms with E-state index >= 15 is 0 Å². The Morgan fingerprint density at radius 2 is 2.05 bits per heavy atom. The van der Waals surface area contributed by atoms with Crippen LogP contribution >= 0.6 is 11.3 Å². The maximum atomic E-state index is 12.9. The summed E-state index contributed by atoms with van der Waals surface area (Å²) in [6, 6.07) is 7.78. The van der Waals surface area contributed by atoms with E-state index in [9.17, 15) is 27.4 Å². The Morgan fingerprint density at radius 3 is 2.68 bits per heavy atom. The van der Waals surface area contributed by atoms with Crippen molar-refractivity contribution >= 4 is 32.7 Å². The Kier molecular flexibility index (Phi) is 7.64. The molecule has 3 aromatic rings. The van der Waals surface area contributed by atoms with Gasteiger partial charge in [0.05, 0.1) is 37.0 Å². The van der Waals surface area contributed by atoms with Gasteiger partial charge in [-0.05, 0) is 38.0 Å². The largest absolute Gasteiger partial charge is 0.435 e. The molecule has 41 heavy (non-hydrogen) atoms. The Labute approximate surface area is 238 Å². The average molecular weight is 606 g/mol. The third-order valence-electron chi connectivity index (χ3n) is 7.17. The molecule has 2 unspecified atom stereocenters. The summed E-state index contributed by atoms with van der Waals surface area (Å²) in [6.45, 7) is 2.14. The van der Waals surface area contributed by atoms with E-state index < -0.39 is 27.7 Å². The van der Waals surface area contributed by atoms with Crippen LogP contribution in [0.1, 0.15) is 64.5 Å². The molecular formula is C26H26F3N7O3S2. The summed E-state index contributed by atoms with van der Waals surface area (Å²) in [5, 5.41) is 20.1. The molecule has 0 saturated carbocycles. The number of nitriles is 1. The molecule has 5 rings (SSSR count). The molecule has 0 radical (unpaired) electrons. The fourth-order valence-corrected chi connectivity index (χ4v) is 7.02. The Bertz CT molecular complexity index is 1660. The van der Waals surface area contributed by atoms with Crippen LogP contribution in [0.15, 0.2) is 39.7 Å². The van der Waals surface area contributed by atoms with Crippen LogP contribution in [0.4, 0.5) is 13.2 Å². The molecule has 2 atom stereocenters. The number of carbonyl (C=O) groups is 1. The van der Waals surface area contributed by atoms with Crippen LogP contribution < -0.4 is 0 Å². The molecule has 0 bridgehead atoms. The lowest BCUT2D eigenvalue weighted by atomic mass is 9.97. The summed E-state index contributed by atoms with van der Waals surface area (Å²) < 4.78 is 60.5. The molecular weight excluding hydrogens is 579 g/mol. The number of piperidine rings is 1. The molecule has 0 spiro atoms. The molecule has 1 fully saturated rings. The van der Waals surface area contributed by atoms with Gasteiger partial charge in [-0.1, -0.05) is 11.2 Å². The van der Waals surface area contributed by atoms with Crippen molar-refractivity contribution in [1.29, 1.82) is 10.0 Å². The van der Waals surface area contributed by atoms with Gasteiger partial charge >= 0.3 is 6.18 Å². The number of nitrogens with one attached hydrogen (secondary N) is 1. The summed E-state index contributed by atoms with van der Waals surface area (Å²) in [5.74, 6) is -0.175. The predicted octanol–water partition coefficient (Wildman–Crippen LogP) is 4.85. The number of nitrogens with zero attached hydrogens (tertiary/aromatic N) is 6. The van der Waals surface area contributed by atoms with E-state index in [2.05, 4.69) is 16.3 Å². The second kappa shape index (κ2) is 10.9. The molecule has 1 N–H and O–H groups in total. The smallest absolute Gasteiger partial charge is 0.387 e. The number of hydrogen-bond acceptors (Lipinski definition) is 9. The van der Waals surface area contributed by atoms with E-state index in [1.165, 1.54) is 24.5 Å². The maximum absolute atomic E-state index is 12.9. The van der Waals surface area contributed by atoms with Gasteiger partial charge in [0.25, 0.3) is 0 Å². The highest BCUT2D eigenvalue weighted by Gasteiger charge is 2.35. The number of benzene rings is 1. The number of halogens is 3. The van der Waals surface area contributed by atoms with Crippen molar-refractivity contribution in [3.05, 3.63) is 62.9 Å². The molecule has 4 heterocycles. The summed E-state index contributed by atoms with van der Waals surface area (Å²) in [4.78, 5) is 25.1. The number of hydrogen-bond donors (Lipinski definition) is 1. The first-order valence-electron chi connectivity index (χ1n) is 12.7. The predicted molar refractivity (Wildman–Crippen MR) is 144 cm³/mol. The standard InChI is InChI=1S/C26H26F3N7O3S2/c1-15-10-22(26(27,28)29)33-36(15)13-23(37)35-8-6-16(7-9-35)25-32-19(14-40-25)18-11-20(39-34-18)24-17(12-30)4-3-5-21(24)41(2,31)38/h3-5,10,14,16,20,31H,6-9,11,13H2,1-2H3. The number of aryl methyl sites for hydroxylation is 1. The van der Waals surface area contributed by atoms with Gasteiger partial charge in [-0.2, -0.15) is 23.5 Å². The summed E-state index contributed by atoms with van der Waals surface area (Å²) in [7, 11) is -3.11. The molecule has 10 nitrogen and oxygen atoms in total. The SMILES string of the molecule is Cc1cc(C(F)(F)F)nn1CC(=O)N1CCC(c2nc(C3=NOC(c4c(C#N)cccc4S(C)(=N)=O)C3)cs2)CC1. The van der Waals surface area contributed by atoms with Crippen LogP contribution in [-0.2, 0) is 32.1 Å². The quantitative estimate of drug-likeness (QED) is 0.427. The average Bonchev–Trinajstić information content (AvgIpc) is 3.68. The number of alkyl halides is 3. The van der Waals surface area contributed by atoms with Gasteiger partial charge in [0.2, 0.25) is 5.91 Å². The van der Waals surface area contributed by atoms with Gasteiger partial charge in [0.1, 0.15) is 12.3 Å². The van der Waals surface area contributed by atoms with Crippen LogP contribution in [0.5, 0.6) is 0 Å². The number of rotatable bonds is 6. The first kappa shape index (κ1) is 28.7. The van der Waals surface area contributed by atoms with Gasteiger partial charge in [-0.25, -0.2) is 14.0 Å². The van der Waals surface area contributed by atoms with Crippen molar-refractivity contribution in [3.8, 4) is 6.07 Å². The zero-order valence-corrected chi connectivity index (χ0v) is 23.8. The third kappa shape index (κ3) is 5.98. The monoisotopic (exact) mass is 605 g/mol. The van der Waals surface area contributed by atoms with Crippen molar-refractivity contribution in [2.45, 2.75) is 55.8 Å². The van der Waals surface area contributed by atoms with Crippen LogP contribution in [0, 0.1) is 23.0 Å². The van der Waals surface area contributed by atoms with Gasteiger partial charge < -0.3 is 9.74 Å². The molecule has 2 aliphatic rings. The first-order chi connectivity index (χ1) is 19.3. The summed E-state index contributed by atoms with van der Waals surface area (Å²) in [6.07, 6.45) is -2.30. The molecule has 15 heteroatoms. The minimum atomic E-state index is -4.56. The molecule has 1 aromatic carbocycles. The van der Waals surface area contributed by atoms with Gasteiger partial charge in [-0.15, -0.1) is 11.3 Å². The lowest BCUT2D eigenvalue weighted by Crippen LogP contribution is -2.40. The fraction of sp³-hybridized carbons (Fsp3) is 0.423. The van der Waals surface area contributed by atoms with E-state index in [0.717, 1.165) is 15.8 Å². The number of likely N-dealkylation sites (tertiary alicyclic amines) is 1. The number of oxime groups is 1. The highest BCUT2D eigenvalue weighted by atomic mass is 32.2. The normalized spacial score (nSPS) is 19.4. The lowest BCUT2D eigenvalue weighted by Gasteiger charge is -2.31. The second-order valence-electron chi connectivity index (χ2n) is 10.1. The van der Waals surface area contributed by atoms with E-state index in [-0.39, 0.29) is 34.5 Å². The van der Waals surface area contributed by atoms with Crippen LogP contribution in [0.3, 0.4) is 0 Å². The van der Waals surface area contributed by atoms with E-state index in [4.69, 9.17) is 14.6 Å². The summed E-state index contributed by atoms with van der Waals surface area (Å²) in [5.41, 5.74) is 1.18. The van der Waals surface area contributed by atoms with E-state index in [1.807, 2.05) is 5.38 Å². The molecule has 1 saturated heterocycles. The van der Waals surface area contributed by atoms with Crippen LogP contribution in [0.2, 0.25) is 0 Å². The van der Waals surface area contributed by atoms with Gasteiger partial charge in [0, 0.05) is 48.3 Å². The number of aromatic nitrogens is 3. The number of carbonyl (C=O) groups excluding carboxylic acids is 1. The van der Waals surface area contributed by atoms with Crippen molar-refractivity contribution in [2.24, 2.45) is 5.16 Å². The second-order valence-corrected chi connectivity index (χ2v) is 13.1. The molecule has 216 valence electrons. The minimum absolute atomic E-state index is 0.110. The highest BCUT2D eigenvalue weighted by Crippen LogP contribution is 2.37. The Morgan fingerprint density at radius 1 is 1.32 bits per heavy atom. The highest BCUT2D eigenvalue weighted by molar-refractivity contribution is 7.91. The first-order valence-corrected chi connectivity index (χ1v) is 15.5. The lowest BCUT2D eigenvalue weighted by molar-refractivity contribution is -0.142.